The molecule has 2 heterocycles. The molecule has 23 heavy (non-hydrogen) atoms. The van der Waals surface area contributed by atoms with Gasteiger partial charge in [0.2, 0.25) is 5.82 Å². The molecule has 1 aromatic carbocycles. The molecule has 1 aliphatic heterocycles. The Morgan fingerprint density at radius 1 is 1.26 bits per heavy atom. The van der Waals surface area contributed by atoms with Crippen molar-refractivity contribution < 1.29 is 0 Å². The maximum atomic E-state index is 9.09. The van der Waals surface area contributed by atoms with Gasteiger partial charge in [-0.15, -0.1) is 0 Å². The Balaban J connectivity index is 1.99. The van der Waals surface area contributed by atoms with Crippen LogP contribution in [0, 0.1) is 17.2 Å². The number of rotatable bonds is 4. The van der Waals surface area contributed by atoms with E-state index in [1.807, 2.05) is 12.1 Å². The van der Waals surface area contributed by atoms with Gasteiger partial charge < -0.3 is 4.90 Å². The third-order valence-electron chi connectivity index (χ3n) is 4.97. The van der Waals surface area contributed by atoms with Crippen molar-refractivity contribution in [2.24, 2.45) is 5.92 Å². The molecular weight excluding hydrogens is 284 g/mol. The third-order valence-corrected chi connectivity index (χ3v) is 4.97. The lowest BCUT2D eigenvalue weighted by Crippen LogP contribution is -2.50. The molecular formula is C19H22N4. The number of nitriles is 1. The Hall–Kier alpha value is -2.41. The lowest BCUT2D eigenvalue weighted by Gasteiger charge is -2.43. The van der Waals surface area contributed by atoms with Crippen LogP contribution >= 0.6 is 0 Å². The molecule has 118 valence electrons. The maximum absolute atomic E-state index is 9.09. The van der Waals surface area contributed by atoms with Gasteiger partial charge in [0.15, 0.2) is 0 Å². The van der Waals surface area contributed by atoms with E-state index in [1.165, 1.54) is 5.56 Å². The van der Waals surface area contributed by atoms with Crippen molar-refractivity contribution in [1.82, 2.24) is 9.97 Å². The second-order valence-corrected chi connectivity index (χ2v) is 6.53. The molecule has 3 rings (SSSR count). The van der Waals surface area contributed by atoms with Crippen LogP contribution in [0.25, 0.3) is 0 Å². The molecule has 0 amide bonds. The smallest absolute Gasteiger partial charge is 0.234 e. The first-order valence-corrected chi connectivity index (χ1v) is 8.20. The molecule has 0 aliphatic carbocycles. The fraction of sp³-hybridized carbons (Fsp3) is 0.421. The van der Waals surface area contributed by atoms with Gasteiger partial charge >= 0.3 is 0 Å². The topological polar surface area (TPSA) is 52.8 Å². The van der Waals surface area contributed by atoms with Gasteiger partial charge in [0.1, 0.15) is 11.9 Å². The van der Waals surface area contributed by atoms with Crippen LogP contribution in [0.3, 0.4) is 0 Å². The van der Waals surface area contributed by atoms with E-state index in [9.17, 15) is 0 Å². The summed E-state index contributed by atoms with van der Waals surface area (Å²) in [5.41, 5.74) is 1.39. The Morgan fingerprint density at radius 2 is 2.04 bits per heavy atom. The summed E-state index contributed by atoms with van der Waals surface area (Å²) in [6.45, 7) is 5.55. The number of benzene rings is 1. The summed E-state index contributed by atoms with van der Waals surface area (Å²) in [5, 5.41) is 9.09. The summed E-state index contributed by atoms with van der Waals surface area (Å²) in [7, 11) is 0. The average molecular weight is 306 g/mol. The number of aromatic nitrogens is 2. The highest BCUT2D eigenvalue weighted by Crippen LogP contribution is 2.41. The number of nitrogens with zero attached hydrogens (tertiary/aromatic N) is 4. The van der Waals surface area contributed by atoms with E-state index >= 15 is 0 Å². The SMILES string of the molecule is CC(C)C1(Cc2ccccc2)CCCN1c1ccnc(C#N)n1. The second kappa shape index (κ2) is 6.37. The molecule has 1 fully saturated rings. The molecule has 4 nitrogen and oxygen atoms in total. The van der Waals surface area contributed by atoms with Crippen molar-refractivity contribution in [1.29, 1.82) is 5.26 Å². The molecule has 0 radical (unpaired) electrons. The van der Waals surface area contributed by atoms with Gasteiger partial charge in [-0.2, -0.15) is 5.26 Å². The fourth-order valence-corrected chi connectivity index (χ4v) is 3.73. The van der Waals surface area contributed by atoms with Crippen LogP contribution < -0.4 is 4.90 Å². The van der Waals surface area contributed by atoms with Crippen molar-refractivity contribution in [3.63, 3.8) is 0 Å². The maximum Gasteiger partial charge on any atom is 0.234 e. The van der Waals surface area contributed by atoms with Crippen molar-refractivity contribution in [2.45, 2.75) is 38.6 Å². The summed E-state index contributed by atoms with van der Waals surface area (Å²) in [6.07, 6.45) is 4.98. The molecule has 0 saturated carbocycles. The van der Waals surface area contributed by atoms with E-state index in [2.05, 4.69) is 59.0 Å². The summed E-state index contributed by atoms with van der Waals surface area (Å²) in [4.78, 5) is 10.8. The van der Waals surface area contributed by atoms with Crippen LogP contribution in [-0.2, 0) is 6.42 Å². The van der Waals surface area contributed by atoms with Gasteiger partial charge in [0.25, 0.3) is 0 Å². The van der Waals surface area contributed by atoms with Crippen molar-refractivity contribution in [2.75, 3.05) is 11.4 Å². The minimum Gasteiger partial charge on any atom is -0.350 e. The highest BCUT2D eigenvalue weighted by atomic mass is 15.3. The molecule has 4 heteroatoms. The standard InChI is InChI=1S/C19H22N4/c1-15(2)19(13-16-7-4-3-5-8-16)10-6-12-23(19)18-9-11-21-17(14-20)22-18/h3-5,7-9,11,15H,6,10,12-13H2,1-2H3. The van der Waals surface area contributed by atoms with Crippen molar-refractivity contribution in [3.8, 4) is 6.07 Å². The average Bonchev–Trinajstić information content (AvgIpc) is 3.01. The van der Waals surface area contributed by atoms with Crippen LogP contribution in [0.4, 0.5) is 5.82 Å². The lowest BCUT2D eigenvalue weighted by atomic mass is 9.78. The van der Waals surface area contributed by atoms with E-state index in [-0.39, 0.29) is 11.4 Å². The molecule has 1 aliphatic rings. The van der Waals surface area contributed by atoms with Crippen LogP contribution in [0.2, 0.25) is 0 Å². The zero-order valence-corrected chi connectivity index (χ0v) is 13.7. The molecule has 2 aromatic rings. The van der Waals surface area contributed by atoms with Crippen LogP contribution in [0.1, 0.15) is 38.1 Å². The van der Waals surface area contributed by atoms with E-state index in [4.69, 9.17) is 5.26 Å². The predicted octanol–water partition coefficient (Wildman–Crippen LogP) is 3.59. The van der Waals surface area contributed by atoms with Gasteiger partial charge in [0, 0.05) is 18.3 Å². The van der Waals surface area contributed by atoms with Crippen LogP contribution in [-0.4, -0.2) is 22.1 Å². The second-order valence-electron chi connectivity index (χ2n) is 6.53. The van der Waals surface area contributed by atoms with E-state index < -0.39 is 0 Å². The van der Waals surface area contributed by atoms with Gasteiger partial charge in [-0.25, -0.2) is 9.97 Å². The minimum atomic E-state index is 0.0441. The van der Waals surface area contributed by atoms with Gasteiger partial charge in [-0.1, -0.05) is 44.2 Å². The first-order valence-electron chi connectivity index (χ1n) is 8.20. The van der Waals surface area contributed by atoms with Gasteiger partial charge in [-0.3, -0.25) is 0 Å². The Labute approximate surface area is 137 Å². The zero-order valence-electron chi connectivity index (χ0n) is 13.7. The Morgan fingerprint density at radius 3 is 2.74 bits per heavy atom. The predicted molar refractivity (Wildman–Crippen MR) is 91.0 cm³/mol. The van der Waals surface area contributed by atoms with Gasteiger partial charge in [0.05, 0.1) is 0 Å². The summed E-state index contributed by atoms with van der Waals surface area (Å²) in [5.74, 6) is 1.61. The molecule has 1 atom stereocenters. The molecule has 0 bridgehead atoms. The monoisotopic (exact) mass is 306 g/mol. The molecule has 1 saturated heterocycles. The summed E-state index contributed by atoms with van der Waals surface area (Å²) < 4.78 is 0. The molecule has 0 N–H and O–H groups in total. The molecule has 0 spiro atoms. The lowest BCUT2D eigenvalue weighted by molar-refractivity contribution is 0.306. The highest BCUT2D eigenvalue weighted by molar-refractivity contribution is 5.45. The van der Waals surface area contributed by atoms with E-state index in [0.29, 0.717) is 5.92 Å². The van der Waals surface area contributed by atoms with E-state index in [1.54, 1.807) is 6.20 Å². The van der Waals surface area contributed by atoms with Crippen molar-refractivity contribution >= 4 is 5.82 Å². The summed E-state index contributed by atoms with van der Waals surface area (Å²) in [6, 6.07) is 14.6. The number of hydrogen-bond acceptors (Lipinski definition) is 4. The Bertz CT molecular complexity index is 705. The van der Waals surface area contributed by atoms with Crippen molar-refractivity contribution in [3.05, 3.63) is 54.0 Å². The van der Waals surface area contributed by atoms with Crippen LogP contribution in [0.5, 0.6) is 0 Å². The minimum absolute atomic E-state index is 0.0441. The quantitative estimate of drug-likeness (QED) is 0.866. The molecule has 1 unspecified atom stereocenters. The van der Waals surface area contributed by atoms with Crippen LogP contribution in [0.15, 0.2) is 42.6 Å². The fourth-order valence-electron chi connectivity index (χ4n) is 3.73. The highest BCUT2D eigenvalue weighted by Gasteiger charge is 2.44. The number of anilines is 1. The first kappa shape index (κ1) is 15.5. The van der Waals surface area contributed by atoms with Gasteiger partial charge in [-0.05, 0) is 36.8 Å². The van der Waals surface area contributed by atoms with E-state index in [0.717, 1.165) is 31.6 Å². The molecule has 1 aromatic heterocycles. The Kier molecular flexibility index (Phi) is 4.29. The zero-order chi connectivity index (χ0) is 16.3. The first-order chi connectivity index (χ1) is 11.2. The third kappa shape index (κ3) is 2.92. The normalized spacial score (nSPS) is 20.7. The number of hydrogen-bond donors (Lipinski definition) is 0. The summed E-state index contributed by atoms with van der Waals surface area (Å²) >= 11 is 0. The largest absolute Gasteiger partial charge is 0.350 e.